The van der Waals surface area contributed by atoms with E-state index in [0.717, 1.165) is 4.31 Å². The van der Waals surface area contributed by atoms with Crippen molar-refractivity contribution in [1.29, 1.82) is 10.5 Å². The van der Waals surface area contributed by atoms with Crippen LogP contribution in [0.1, 0.15) is 5.56 Å². The third-order valence-electron chi connectivity index (χ3n) is 2.32. The van der Waals surface area contributed by atoms with Gasteiger partial charge in [-0.1, -0.05) is 24.0 Å². The Hall–Kier alpha value is -2.37. The molecule has 0 fully saturated rings. The summed E-state index contributed by atoms with van der Waals surface area (Å²) < 4.78 is 25.6. The second kappa shape index (κ2) is 7.28. The van der Waals surface area contributed by atoms with Crippen molar-refractivity contribution < 1.29 is 8.42 Å². The average molecular weight is 288 g/mol. The van der Waals surface area contributed by atoms with E-state index in [9.17, 15) is 8.42 Å². The third kappa shape index (κ3) is 3.57. The van der Waals surface area contributed by atoms with Crippen molar-refractivity contribution in [1.82, 2.24) is 4.31 Å². The molecule has 6 nitrogen and oxygen atoms in total. The molecule has 0 aliphatic heterocycles. The zero-order chi connectivity index (χ0) is 15.0. The van der Waals surface area contributed by atoms with Gasteiger partial charge < -0.3 is 5.73 Å². The molecule has 0 atom stereocenters. The first kappa shape index (κ1) is 15.7. The van der Waals surface area contributed by atoms with E-state index in [1.54, 1.807) is 30.3 Å². The molecule has 0 bridgehead atoms. The summed E-state index contributed by atoms with van der Waals surface area (Å²) in [4.78, 5) is -0.0357. The Morgan fingerprint density at radius 3 is 2.30 bits per heavy atom. The molecule has 20 heavy (non-hydrogen) atoms. The summed E-state index contributed by atoms with van der Waals surface area (Å²) in [6.45, 7) is -0.683. The van der Waals surface area contributed by atoms with Gasteiger partial charge in [-0.15, -0.1) is 0 Å². The molecule has 2 N–H and O–H groups in total. The molecular weight excluding hydrogens is 276 g/mol. The van der Waals surface area contributed by atoms with Crippen LogP contribution in [-0.4, -0.2) is 32.4 Å². The lowest BCUT2D eigenvalue weighted by Crippen LogP contribution is -2.32. The van der Waals surface area contributed by atoms with E-state index in [4.69, 9.17) is 16.3 Å². The van der Waals surface area contributed by atoms with Crippen LogP contribution in [0.5, 0.6) is 0 Å². The molecule has 0 unspecified atom stereocenters. The number of hydrogen-bond acceptors (Lipinski definition) is 5. The summed E-state index contributed by atoms with van der Waals surface area (Å²) in [6, 6.07) is 9.60. The van der Waals surface area contributed by atoms with Crippen LogP contribution in [0.4, 0.5) is 0 Å². The minimum atomic E-state index is -3.94. The maximum absolute atomic E-state index is 12.4. The quantitative estimate of drug-likeness (QED) is 0.621. The van der Waals surface area contributed by atoms with Gasteiger partial charge in [0.25, 0.3) is 0 Å². The zero-order valence-electron chi connectivity index (χ0n) is 10.6. The van der Waals surface area contributed by atoms with Crippen molar-refractivity contribution in [2.75, 3.05) is 19.6 Å². The van der Waals surface area contributed by atoms with Gasteiger partial charge in [0.05, 0.1) is 23.6 Å². The highest BCUT2D eigenvalue weighted by molar-refractivity contribution is 7.89. The Balaban J connectivity index is 3.35. The molecule has 1 aromatic rings. The predicted octanol–water partition coefficient (Wildman–Crippen LogP) is 0.0347. The minimum absolute atomic E-state index is 0.0357. The minimum Gasteiger partial charge on any atom is -0.320 e. The Morgan fingerprint density at radius 2 is 1.75 bits per heavy atom. The van der Waals surface area contributed by atoms with Crippen molar-refractivity contribution >= 4 is 10.0 Å². The molecule has 0 saturated carbocycles. The van der Waals surface area contributed by atoms with E-state index >= 15 is 0 Å². The van der Waals surface area contributed by atoms with Crippen LogP contribution in [0, 0.1) is 34.5 Å². The highest BCUT2D eigenvalue weighted by Crippen LogP contribution is 2.19. The Kier molecular flexibility index (Phi) is 5.71. The average Bonchev–Trinajstić information content (AvgIpc) is 2.45. The van der Waals surface area contributed by atoms with E-state index in [1.807, 2.05) is 0 Å². The first-order chi connectivity index (χ1) is 9.57. The molecule has 102 valence electrons. The fraction of sp³-hybridized carbons (Fsp3) is 0.231. The van der Waals surface area contributed by atoms with Gasteiger partial charge in [0.1, 0.15) is 13.1 Å². The van der Waals surface area contributed by atoms with Crippen molar-refractivity contribution in [3.8, 4) is 24.0 Å². The Labute approximate surface area is 118 Å². The number of nitriles is 2. The maximum Gasteiger partial charge on any atom is 0.246 e. The second-order valence-electron chi connectivity index (χ2n) is 3.59. The van der Waals surface area contributed by atoms with Crippen LogP contribution in [-0.2, 0) is 10.0 Å². The van der Waals surface area contributed by atoms with E-state index in [2.05, 4.69) is 11.8 Å². The van der Waals surface area contributed by atoms with E-state index < -0.39 is 23.1 Å². The first-order valence-electron chi connectivity index (χ1n) is 5.60. The lowest BCUT2D eigenvalue weighted by molar-refractivity contribution is 0.479. The summed E-state index contributed by atoms with van der Waals surface area (Å²) in [6.07, 6.45) is 0. The van der Waals surface area contributed by atoms with Gasteiger partial charge in [0.2, 0.25) is 10.0 Å². The Bertz CT molecular complexity index is 701. The molecule has 1 rings (SSSR count). The van der Waals surface area contributed by atoms with Gasteiger partial charge in [-0.3, -0.25) is 0 Å². The molecular formula is C13H12N4O2S. The number of nitrogens with two attached hydrogens (primary N) is 1. The van der Waals surface area contributed by atoms with Gasteiger partial charge in [0, 0.05) is 5.56 Å². The van der Waals surface area contributed by atoms with Crippen LogP contribution >= 0.6 is 0 Å². The monoisotopic (exact) mass is 288 g/mol. The van der Waals surface area contributed by atoms with Crippen molar-refractivity contribution in [2.24, 2.45) is 5.73 Å². The Morgan fingerprint density at radius 1 is 1.15 bits per heavy atom. The molecule has 0 amide bonds. The fourth-order valence-electron chi connectivity index (χ4n) is 1.46. The molecule has 0 aromatic heterocycles. The summed E-state index contributed by atoms with van der Waals surface area (Å²) in [5, 5.41) is 17.3. The van der Waals surface area contributed by atoms with E-state index in [-0.39, 0.29) is 11.4 Å². The van der Waals surface area contributed by atoms with Crippen LogP contribution in [0.2, 0.25) is 0 Å². The van der Waals surface area contributed by atoms with Crippen LogP contribution in [0.15, 0.2) is 29.2 Å². The molecule has 0 radical (unpaired) electrons. The second-order valence-corrected chi connectivity index (χ2v) is 5.50. The largest absolute Gasteiger partial charge is 0.320 e. The van der Waals surface area contributed by atoms with Gasteiger partial charge in [-0.2, -0.15) is 14.8 Å². The number of sulfonamides is 1. The zero-order valence-corrected chi connectivity index (χ0v) is 11.4. The lowest BCUT2D eigenvalue weighted by atomic mass is 10.2. The van der Waals surface area contributed by atoms with Crippen LogP contribution in [0.25, 0.3) is 0 Å². The van der Waals surface area contributed by atoms with Crippen molar-refractivity contribution in [2.45, 2.75) is 4.90 Å². The maximum atomic E-state index is 12.4. The number of rotatable bonds is 4. The van der Waals surface area contributed by atoms with Gasteiger partial charge in [0.15, 0.2) is 0 Å². The number of nitrogens with zero attached hydrogens (tertiary/aromatic N) is 3. The normalized spacial score (nSPS) is 10.2. The number of hydrogen-bond donors (Lipinski definition) is 1. The lowest BCUT2D eigenvalue weighted by Gasteiger charge is -2.16. The van der Waals surface area contributed by atoms with Crippen LogP contribution in [0.3, 0.4) is 0 Å². The van der Waals surface area contributed by atoms with Gasteiger partial charge >= 0.3 is 0 Å². The standard InChI is InChI=1S/C13H12N4O2S/c14-7-3-5-12-4-1-2-6-13(12)20(18,19)17(10-8-15)11-9-16/h1-2,4,6H,7,10-11,14H2. The van der Waals surface area contributed by atoms with Crippen molar-refractivity contribution in [3.63, 3.8) is 0 Å². The van der Waals surface area contributed by atoms with Crippen LogP contribution < -0.4 is 5.73 Å². The topological polar surface area (TPSA) is 111 Å². The number of benzene rings is 1. The molecule has 0 aliphatic carbocycles. The molecule has 7 heteroatoms. The molecule has 0 heterocycles. The SMILES string of the molecule is N#CCN(CC#N)S(=O)(=O)c1ccccc1C#CCN. The predicted molar refractivity (Wildman–Crippen MR) is 72.4 cm³/mol. The molecule has 0 saturated heterocycles. The highest BCUT2D eigenvalue weighted by atomic mass is 32.2. The fourth-order valence-corrected chi connectivity index (χ4v) is 2.84. The summed E-state index contributed by atoms with van der Waals surface area (Å²) >= 11 is 0. The smallest absolute Gasteiger partial charge is 0.246 e. The van der Waals surface area contributed by atoms with E-state index in [0.29, 0.717) is 5.56 Å². The summed E-state index contributed by atoms with van der Waals surface area (Å²) in [7, 11) is -3.94. The summed E-state index contributed by atoms with van der Waals surface area (Å²) in [5.74, 6) is 5.26. The first-order valence-corrected chi connectivity index (χ1v) is 7.04. The molecule has 0 aliphatic rings. The van der Waals surface area contributed by atoms with Crippen molar-refractivity contribution in [3.05, 3.63) is 29.8 Å². The van der Waals surface area contributed by atoms with Gasteiger partial charge in [-0.25, -0.2) is 8.42 Å². The highest BCUT2D eigenvalue weighted by Gasteiger charge is 2.26. The summed E-state index contributed by atoms with van der Waals surface area (Å²) in [5.41, 5.74) is 5.56. The molecule has 0 spiro atoms. The molecule has 1 aromatic carbocycles. The van der Waals surface area contributed by atoms with E-state index in [1.165, 1.54) is 6.07 Å². The third-order valence-corrected chi connectivity index (χ3v) is 4.17. The van der Waals surface area contributed by atoms with Gasteiger partial charge in [-0.05, 0) is 12.1 Å².